The Morgan fingerprint density at radius 1 is 1.21 bits per heavy atom. The van der Waals surface area contributed by atoms with Gasteiger partial charge < -0.3 is 5.11 Å². The number of alkyl halides is 3. The van der Waals surface area contributed by atoms with E-state index in [0.29, 0.717) is 19.3 Å². The maximum absolute atomic E-state index is 13.0. The van der Waals surface area contributed by atoms with Crippen molar-refractivity contribution in [3.63, 3.8) is 0 Å². The fraction of sp³-hybridized carbons (Fsp3) is 0.550. The zero-order chi connectivity index (χ0) is 21.2. The highest BCUT2D eigenvalue weighted by atomic mass is 28.3. The second-order valence-corrected chi connectivity index (χ2v) is 12.9. The lowest BCUT2D eigenvalue weighted by molar-refractivity contribution is -0.166. The van der Waals surface area contributed by atoms with E-state index in [1.807, 2.05) is 0 Å². The van der Waals surface area contributed by atoms with Crippen LogP contribution in [0.3, 0.4) is 0 Å². The molecule has 8 heteroatoms. The SMILES string of the molecule is CC(=O)[C@H](CC#C[Si](C)(C)C)[C@@H](O)CCc1ccc(C2(C(F)(F)F)N=N2)cc1. The Balaban J connectivity index is 1.96. The van der Waals surface area contributed by atoms with Crippen LogP contribution < -0.4 is 0 Å². The highest BCUT2D eigenvalue weighted by Crippen LogP contribution is 2.52. The fourth-order valence-corrected chi connectivity index (χ4v) is 3.47. The molecule has 1 aliphatic rings. The van der Waals surface area contributed by atoms with Gasteiger partial charge in [0.05, 0.1) is 12.0 Å². The molecule has 0 spiro atoms. The van der Waals surface area contributed by atoms with Gasteiger partial charge in [0.1, 0.15) is 13.9 Å². The summed E-state index contributed by atoms with van der Waals surface area (Å²) in [6.45, 7) is 7.76. The molecule has 0 aliphatic carbocycles. The van der Waals surface area contributed by atoms with E-state index in [1.165, 1.54) is 19.1 Å². The van der Waals surface area contributed by atoms with Crippen LogP contribution in [0, 0.1) is 17.4 Å². The fourth-order valence-electron chi connectivity index (χ4n) is 2.84. The summed E-state index contributed by atoms with van der Waals surface area (Å²) in [4.78, 5) is 11.9. The number of halogens is 3. The molecule has 1 aromatic carbocycles. The molecular formula is C20H25F3N2O2Si. The summed E-state index contributed by atoms with van der Waals surface area (Å²) in [7, 11) is -1.54. The van der Waals surface area contributed by atoms with E-state index < -0.39 is 31.9 Å². The molecule has 4 nitrogen and oxygen atoms in total. The van der Waals surface area contributed by atoms with Crippen LogP contribution in [0.4, 0.5) is 13.2 Å². The maximum atomic E-state index is 13.0. The zero-order valence-electron chi connectivity index (χ0n) is 16.5. The molecule has 0 saturated carbocycles. The van der Waals surface area contributed by atoms with Crippen molar-refractivity contribution in [2.75, 3.05) is 0 Å². The minimum Gasteiger partial charge on any atom is -0.392 e. The number of benzene rings is 1. The average Bonchev–Trinajstić information content (AvgIpc) is 3.37. The highest BCUT2D eigenvalue weighted by molar-refractivity contribution is 6.83. The highest BCUT2D eigenvalue weighted by Gasteiger charge is 2.65. The number of carbonyl (C=O) groups is 1. The van der Waals surface area contributed by atoms with Crippen molar-refractivity contribution in [3.05, 3.63) is 35.4 Å². The number of nitrogens with zero attached hydrogens (tertiary/aromatic N) is 2. The zero-order valence-corrected chi connectivity index (χ0v) is 17.5. The van der Waals surface area contributed by atoms with E-state index in [1.54, 1.807) is 12.1 Å². The Morgan fingerprint density at radius 3 is 2.21 bits per heavy atom. The van der Waals surface area contributed by atoms with E-state index in [4.69, 9.17) is 0 Å². The predicted molar refractivity (Wildman–Crippen MR) is 103 cm³/mol. The molecule has 1 N–H and O–H groups in total. The summed E-state index contributed by atoms with van der Waals surface area (Å²) in [5.41, 5.74) is 1.53. The quantitative estimate of drug-likeness (QED) is 0.526. The van der Waals surface area contributed by atoms with Gasteiger partial charge in [-0.1, -0.05) is 43.9 Å². The molecule has 0 unspecified atom stereocenters. The lowest BCUT2D eigenvalue weighted by Crippen LogP contribution is -2.30. The number of hydrogen-bond donors (Lipinski definition) is 1. The van der Waals surface area contributed by atoms with Crippen LogP contribution in [0.2, 0.25) is 19.6 Å². The third-order valence-electron chi connectivity index (χ3n) is 4.55. The summed E-state index contributed by atoms with van der Waals surface area (Å²) in [5.74, 6) is 2.37. The number of ketones is 1. The molecule has 0 radical (unpaired) electrons. The molecule has 1 heterocycles. The van der Waals surface area contributed by atoms with Crippen molar-refractivity contribution in [1.29, 1.82) is 0 Å². The van der Waals surface area contributed by atoms with Crippen LogP contribution in [-0.2, 0) is 16.9 Å². The van der Waals surface area contributed by atoms with Crippen molar-refractivity contribution >= 4 is 13.9 Å². The monoisotopic (exact) mass is 410 g/mol. The second kappa shape index (κ2) is 8.17. The Kier molecular flexibility index (Phi) is 6.51. The van der Waals surface area contributed by atoms with Crippen molar-refractivity contribution in [2.45, 2.75) is 63.8 Å². The number of aliphatic hydroxyl groups is 1. The van der Waals surface area contributed by atoms with Crippen molar-refractivity contribution in [1.82, 2.24) is 0 Å². The molecule has 0 saturated heterocycles. The van der Waals surface area contributed by atoms with Gasteiger partial charge in [-0.15, -0.1) is 21.7 Å². The van der Waals surface area contributed by atoms with Gasteiger partial charge in [0.25, 0.3) is 0 Å². The molecular weight excluding hydrogens is 385 g/mol. The number of hydrogen-bond acceptors (Lipinski definition) is 4. The van der Waals surface area contributed by atoms with Crippen LogP contribution in [-0.4, -0.2) is 31.2 Å². The molecule has 2 atom stereocenters. The molecule has 0 fully saturated rings. The topological polar surface area (TPSA) is 62.0 Å². The molecule has 2 rings (SSSR count). The number of rotatable bonds is 7. The smallest absolute Gasteiger partial charge is 0.392 e. The Hall–Kier alpha value is -1.98. The van der Waals surface area contributed by atoms with E-state index in [2.05, 4.69) is 41.3 Å². The molecule has 1 aromatic rings. The minimum absolute atomic E-state index is 0.0208. The average molecular weight is 411 g/mol. The van der Waals surface area contributed by atoms with Crippen molar-refractivity contribution in [3.8, 4) is 11.5 Å². The van der Waals surface area contributed by atoms with Gasteiger partial charge in [-0.05, 0) is 25.3 Å². The van der Waals surface area contributed by atoms with Gasteiger partial charge in [0.15, 0.2) is 0 Å². The first kappa shape index (κ1) is 22.3. The number of Topliss-reactive ketones (excluding diaryl/α,β-unsaturated/α-hetero) is 1. The number of aliphatic hydroxyl groups excluding tert-OH is 1. The van der Waals surface area contributed by atoms with Crippen molar-refractivity contribution in [2.24, 2.45) is 16.1 Å². The third-order valence-corrected chi connectivity index (χ3v) is 5.48. The first-order valence-corrected chi connectivity index (χ1v) is 12.6. The summed E-state index contributed by atoms with van der Waals surface area (Å²) < 4.78 is 39.0. The first-order chi connectivity index (χ1) is 12.9. The lowest BCUT2D eigenvalue weighted by Gasteiger charge is -2.19. The molecule has 28 heavy (non-hydrogen) atoms. The molecule has 1 aliphatic heterocycles. The van der Waals surface area contributed by atoms with Gasteiger partial charge in [0.2, 0.25) is 0 Å². The summed E-state index contributed by atoms with van der Waals surface area (Å²) in [6, 6.07) is 5.87. The lowest BCUT2D eigenvalue weighted by atomic mass is 9.90. The summed E-state index contributed by atoms with van der Waals surface area (Å²) >= 11 is 0. The standard InChI is InChI=1S/C20H25F3N2O2Si/c1-14(26)17(6-5-13-28(2,3)4)18(27)12-9-15-7-10-16(11-8-15)19(24-25-19)20(21,22)23/h7-8,10-11,17-18,27H,6,9,12H2,1-4H3/t17-,18-/m0/s1. The van der Waals surface area contributed by atoms with Crippen LogP contribution in [0.5, 0.6) is 0 Å². The van der Waals surface area contributed by atoms with E-state index in [0.717, 1.165) is 5.56 Å². The minimum atomic E-state index is -4.55. The van der Waals surface area contributed by atoms with E-state index in [9.17, 15) is 23.1 Å². The van der Waals surface area contributed by atoms with Crippen LogP contribution >= 0.6 is 0 Å². The van der Waals surface area contributed by atoms with Crippen molar-refractivity contribution < 1.29 is 23.1 Å². The van der Waals surface area contributed by atoms with E-state index in [-0.39, 0.29) is 11.3 Å². The van der Waals surface area contributed by atoms with Gasteiger partial charge >= 0.3 is 11.8 Å². The Bertz CT molecular complexity index is 796. The van der Waals surface area contributed by atoms with Crippen LogP contribution in [0.15, 0.2) is 34.5 Å². The number of aryl methyl sites for hydroxylation is 1. The molecule has 152 valence electrons. The summed E-state index contributed by atoms with van der Waals surface area (Å²) in [6.07, 6.45) is -4.30. The molecule has 0 bridgehead atoms. The Morgan fingerprint density at radius 2 is 1.79 bits per heavy atom. The third kappa shape index (κ3) is 5.52. The molecule has 0 aromatic heterocycles. The largest absolute Gasteiger partial charge is 0.442 e. The van der Waals surface area contributed by atoms with E-state index >= 15 is 0 Å². The van der Waals surface area contributed by atoms with Crippen LogP contribution in [0.1, 0.15) is 30.9 Å². The number of carbonyl (C=O) groups excluding carboxylic acids is 1. The second-order valence-electron chi connectivity index (χ2n) is 8.15. The molecule has 0 amide bonds. The first-order valence-electron chi connectivity index (χ1n) is 9.14. The maximum Gasteiger partial charge on any atom is 0.442 e. The van der Waals surface area contributed by atoms with Gasteiger partial charge in [0, 0.05) is 12.0 Å². The van der Waals surface area contributed by atoms with Gasteiger partial charge in [-0.2, -0.15) is 13.2 Å². The summed E-state index contributed by atoms with van der Waals surface area (Å²) in [5, 5.41) is 16.8. The Labute approximate surface area is 164 Å². The predicted octanol–water partition coefficient (Wildman–Crippen LogP) is 4.64. The normalized spacial score (nSPS) is 17.4. The van der Waals surface area contributed by atoms with Crippen LogP contribution in [0.25, 0.3) is 0 Å². The van der Waals surface area contributed by atoms with Gasteiger partial charge in [-0.25, -0.2) is 0 Å². The van der Waals surface area contributed by atoms with Gasteiger partial charge in [-0.3, -0.25) is 4.79 Å².